The number of aliphatic carboxylic acids is 1. The van der Waals surface area contributed by atoms with Crippen molar-refractivity contribution >= 4 is 5.97 Å². The third-order valence-electron chi connectivity index (χ3n) is 5.97. The number of carbonyl (C=O) groups is 1. The lowest BCUT2D eigenvalue weighted by molar-refractivity contribution is -0.142. The molecule has 90 valence electrons. The van der Waals surface area contributed by atoms with Crippen molar-refractivity contribution in [3.05, 3.63) is 0 Å². The molecule has 3 aliphatic carbocycles. The molecule has 0 aromatic heterocycles. The molecular weight excluding hydrogens is 200 g/mol. The molecule has 3 rings (SSSR count). The molecule has 1 N–H and O–H groups in total. The second-order valence-corrected chi connectivity index (χ2v) is 6.57. The van der Waals surface area contributed by atoms with E-state index in [1.165, 1.54) is 38.5 Å². The van der Waals surface area contributed by atoms with E-state index in [1.807, 2.05) is 0 Å². The van der Waals surface area contributed by atoms with Crippen LogP contribution in [0.25, 0.3) is 0 Å². The maximum absolute atomic E-state index is 11.1. The van der Waals surface area contributed by atoms with Crippen LogP contribution in [0.5, 0.6) is 0 Å². The highest BCUT2D eigenvalue weighted by molar-refractivity contribution is 5.67. The number of rotatable bonds is 2. The predicted molar refractivity (Wildman–Crippen MR) is 62.0 cm³/mol. The first-order valence-corrected chi connectivity index (χ1v) is 6.82. The average Bonchev–Trinajstić information content (AvgIpc) is 2.47. The SMILES string of the molecule is CC1C2CC3CCCC1(CC(=O)O)CC3C2. The van der Waals surface area contributed by atoms with Crippen LogP contribution in [0.4, 0.5) is 0 Å². The Hall–Kier alpha value is -0.530. The van der Waals surface area contributed by atoms with Crippen molar-refractivity contribution in [3.8, 4) is 0 Å². The fraction of sp³-hybridized carbons (Fsp3) is 0.929. The molecule has 0 radical (unpaired) electrons. The Labute approximate surface area is 97.4 Å². The van der Waals surface area contributed by atoms with Crippen LogP contribution in [0.3, 0.4) is 0 Å². The van der Waals surface area contributed by atoms with Crippen molar-refractivity contribution in [2.75, 3.05) is 0 Å². The summed E-state index contributed by atoms with van der Waals surface area (Å²) in [5.41, 5.74) is 0.157. The first-order chi connectivity index (χ1) is 7.61. The van der Waals surface area contributed by atoms with E-state index in [0.717, 1.165) is 17.8 Å². The molecule has 3 aliphatic rings. The monoisotopic (exact) mass is 222 g/mol. The summed E-state index contributed by atoms with van der Waals surface area (Å²) in [6.45, 7) is 2.33. The molecule has 0 aromatic carbocycles. The van der Waals surface area contributed by atoms with Gasteiger partial charge in [0.15, 0.2) is 0 Å². The smallest absolute Gasteiger partial charge is 0.303 e. The van der Waals surface area contributed by atoms with Crippen molar-refractivity contribution in [2.45, 2.75) is 51.9 Å². The van der Waals surface area contributed by atoms with Crippen molar-refractivity contribution in [1.29, 1.82) is 0 Å². The van der Waals surface area contributed by atoms with E-state index in [0.29, 0.717) is 12.3 Å². The lowest BCUT2D eigenvalue weighted by atomic mass is 9.59. The lowest BCUT2D eigenvalue weighted by Crippen LogP contribution is -2.39. The Morgan fingerprint density at radius 3 is 2.81 bits per heavy atom. The van der Waals surface area contributed by atoms with Gasteiger partial charge < -0.3 is 5.11 Å². The van der Waals surface area contributed by atoms with Crippen LogP contribution < -0.4 is 0 Å². The molecule has 3 saturated carbocycles. The molecule has 0 amide bonds. The molecule has 0 spiro atoms. The molecule has 16 heavy (non-hydrogen) atoms. The molecule has 0 aromatic rings. The van der Waals surface area contributed by atoms with E-state index in [-0.39, 0.29) is 5.41 Å². The summed E-state index contributed by atoms with van der Waals surface area (Å²) in [4.78, 5) is 11.1. The maximum Gasteiger partial charge on any atom is 0.303 e. The molecule has 3 fully saturated rings. The van der Waals surface area contributed by atoms with Crippen LogP contribution in [-0.4, -0.2) is 11.1 Å². The van der Waals surface area contributed by atoms with Crippen LogP contribution in [0, 0.1) is 29.1 Å². The van der Waals surface area contributed by atoms with Crippen LogP contribution in [0.15, 0.2) is 0 Å². The summed E-state index contributed by atoms with van der Waals surface area (Å²) in [6.07, 6.45) is 8.24. The van der Waals surface area contributed by atoms with Crippen molar-refractivity contribution in [2.24, 2.45) is 29.1 Å². The predicted octanol–water partition coefficient (Wildman–Crippen LogP) is 3.31. The van der Waals surface area contributed by atoms with Crippen molar-refractivity contribution in [3.63, 3.8) is 0 Å². The zero-order valence-electron chi connectivity index (χ0n) is 10.1. The van der Waals surface area contributed by atoms with Crippen LogP contribution in [-0.2, 0) is 4.79 Å². The molecule has 0 heterocycles. The molecule has 0 aliphatic heterocycles. The van der Waals surface area contributed by atoms with Gasteiger partial charge in [-0.2, -0.15) is 0 Å². The third-order valence-corrected chi connectivity index (χ3v) is 5.97. The Morgan fingerprint density at radius 1 is 1.31 bits per heavy atom. The van der Waals surface area contributed by atoms with Crippen LogP contribution >= 0.6 is 0 Å². The Balaban J connectivity index is 1.93. The van der Waals surface area contributed by atoms with Gasteiger partial charge in [-0.25, -0.2) is 0 Å². The molecule has 2 nitrogen and oxygen atoms in total. The maximum atomic E-state index is 11.1. The highest BCUT2D eigenvalue weighted by Crippen LogP contribution is 2.62. The zero-order valence-corrected chi connectivity index (χ0v) is 10.1. The fourth-order valence-electron chi connectivity index (χ4n) is 5.15. The van der Waals surface area contributed by atoms with Crippen LogP contribution in [0.1, 0.15) is 51.9 Å². The van der Waals surface area contributed by atoms with Gasteiger partial charge in [-0.1, -0.05) is 19.8 Å². The van der Waals surface area contributed by atoms with Gasteiger partial charge in [-0.15, -0.1) is 0 Å². The zero-order chi connectivity index (χ0) is 11.3. The first kappa shape index (κ1) is 10.6. The minimum absolute atomic E-state index is 0.157. The molecule has 0 saturated heterocycles. The van der Waals surface area contributed by atoms with Crippen LogP contribution in [0.2, 0.25) is 0 Å². The Morgan fingerprint density at radius 2 is 2.06 bits per heavy atom. The van der Waals surface area contributed by atoms with Crippen molar-refractivity contribution < 1.29 is 9.90 Å². The molecule has 3 bridgehead atoms. The van der Waals surface area contributed by atoms with Gasteiger partial charge in [0, 0.05) is 0 Å². The number of hydrogen-bond donors (Lipinski definition) is 1. The molecule has 2 heteroatoms. The highest BCUT2D eigenvalue weighted by atomic mass is 16.4. The minimum atomic E-state index is -0.577. The van der Waals surface area contributed by atoms with E-state index in [4.69, 9.17) is 0 Å². The first-order valence-electron chi connectivity index (χ1n) is 6.82. The van der Waals surface area contributed by atoms with Gasteiger partial charge in [0.1, 0.15) is 0 Å². The summed E-state index contributed by atoms with van der Waals surface area (Å²) in [7, 11) is 0. The third kappa shape index (κ3) is 1.42. The molecule has 5 unspecified atom stereocenters. The van der Waals surface area contributed by atoms with E-state index < -0.39 is 5.97 Å². The number of carboxylic acids is 1. The second kappa shape index (κ2) is 3.48. The fourth-order valence-corrected chi connectivity index (χ4v) is 5.15. The summed E-state index contributed by atoms with van der Waals surface area (Å²) in [5, 5.41) is 9.18. The minimum Gasteiger partial charge on any atom is -0.481 e. The van der Waals surface area contributed by atoms with E-state index in [1.54, 1.807) is 0 Å². The van der Waals surface area contributed by atoms with Gasteiger partial charge in [0.2, 0.25) is 0 Å². The topological polar surface area (TPSA) is 37.3 Å². The second-order valence-electron chi connectivity index (χ2n) is 6.57. The summed E-state index contributed by atoms with van der Waals surface area (Å²) < 4.78 is 0. The van der Waals surface area contributed by atoms with Crippen molar-refractivity contribution in [1.82, 2.24) is 0 Å². The largest absolute Gasteiger partial charge is 0.481 e. The summed E-state index contributed by atoms with van der Waals surface area (Å²) >= 11 is 0. The molecule has 5 atom stereocenters. The lowest BCUT2D eigenvalue weighted by Gasteiger charge is -2.45. The van der Waals surface area contributed by atoms with E-state index in [9.17, 15) is 9.90 Å². The Kier molecular flexibility index (Phi) is 2.31. The van der Waals surface area contributed by atoms with Gasteiger partial charge in [-0.3, -0.25) is 4.79 Å². The van der Waals surface area contributed by atoms with Gasteiger partial charge in [0.25, 0.3) is 0 Å². The summed E-state index contributed by atoms with van der Waals surface area (Å²) in [6, 6.07) is 0. The summed E-state index contributed by atoms with van der Waals surface area (Å²) in [5.74, 6) is 2.70. The number of hydrogen-bond acceptors (Lipinski definition) is 1. The molecular formula is C14H22O2. The standard InChI is InChI=1S/C14H22O2/c1-9-11-5-10-3-2-4-14(9,8-13(15)16)7-12(10)6-11/h9-12H,2-8H2,1H3,(H,15,16). The quantitative estimate of drug-likeness (QED) is 0.778. The van der Waals surface area contributed by atoms with Gasteiger partial charge >= 0.3 is 5.97 Å². The van der Waals surface area contributed by atoms with E-state index in [2.05, 4.69) is 6.92 Å². The average molecular weight is 222 g/mol. The van der Waals surface area contributed by atoms with Gasteiger partial charge in [-0.05, 0) is 54.8 Å². The highest BCUT2D eigenvalue weighted by Gasteiger charge is 2.54. The number of carboxylic acid groups (broad SMARTS) is 1. The van der Waals surface area contributed by atoms with Gasteiger partial charge in [0.05, 0.1) is 6.42 Å². The van der Waals surface area contributed by atoms with E-state index >= 15 is 0 Å². The Bertz CT molecular complexity index is 312. The number of fused-ring (bicyclic) bond motifs is 2. The normalized spacial score (nSPS) is 50.3.